The van der Waals surface area contributed by atoms with Crippen molar-refractivity contribution < 1.29 is 4.43 Å². The molecule has 0 aliphatic heterocycles. The molecule has 0 amide bonds. The summed E-state index contributed by atoms with van der Waals surface area (Å²) in [5.41, 5.74) is 9.09. The van der Waals surface area contributed by atoms with Crippen molar-refractivity contribution in [1.29, 1.82) is 0 Å². The molecule has 0 atom stereocenters. The minimum absolute atomic E-state index is 0.256. The molecule has 0 unspecified atom stereocenters. The van der Waals surface area contributed by atoms with Gasteiger partial charge in [0.15, 0.2) is 14.1 Å². The van der Waals surface area contributed by atoms with E-state index in [9.17, 15) is 0 Å². The van der Waals surface area contributed by atoms with Gasteiger partial charge in [-0.3, -0.25) is 0 Å². The number of hydrogen-bond donors (Lipinski definition) is 1. The Morgan fingerprint density at radius 2 is 1.82 bits per heavy atom. The van der Waals surface area contributed by atoms with E-state index in [0.29, 0.717) is 5.82 Å². The maximum absolute atomic E-state index is 6.33. The Bertz CT molecular complexity index is 972. The topological polar surface area (TPSA) is 66.0 Å². The van der Waals surface area contributed by atoms with E-state index in [4.69, 9.17) is 15.1 Å². The summed E-state index contributed by atoms with van der Waals surface area (Å²) in [7, 11) is -1.67. The molecule has 6 heteroatoms. The highest BCUT2D eigenvalue weighted by atomic mass is 28.4. The maximum atomic E-state index is 6.33. The fourth-order valence-electron chi connectivity index (χ4n) is 3.33. The highest BCUT2D eigenvalue weighted by molar-refractivity contribution is 6.74. The van der Waals surface area contributed by atoms with Crippen LogP contribution in [0.2, 0.25) is 18.1 Å². The Labute approximate surface area is 169 Å². The number of imidazole rings is 1. The first-order valence-electron chi connectivity index (χ1n) is 10.3. The number of pyridine rings is 1. The number of benzene rings is 1. The number of aromatic nitrogens is 3. The second-order valence-electron chi connectivity index (χ2n) is 9.06. The number of nitrogens with zero attached hydrogens (tertiary/aromatic N) is 3. The van der Waals surface area contributed by atoms with Crippen LogP contribution in [0.15, 0.2) is 24.3 Å². The van der Waals surface area contributed by atoms with Crippen LogP contribution in [-0.2, 0) is 17.4 Å². The quantitative estimate of drug-likeness (QED) is 0.420. The molecule has 28 heavy (non-hydrogen) atoms. The van der Waals surface area contributed by atoms with Crippen LogP contribution in [0.3, 0.4) is 0 Å². The molecular formula is C22H34N4OSi. The smallest absolute Gasteiger partial charge is 0.191 e. The lowest BCUT2D eigenvalue weighted by Gasteiger charge is -2.36. The van der Waals surface area contributed by atoms with Gasteiger partial charge in [0.05, 0.1) is 11.0 Å². The van der Waals surface area contributed by atoms with Crippen LogP contribution in [0.25, 0.3) is 21.9 Å². The normalized spacial score (nSPS) is 12.9. The van der Waals surface area contributed by atoms with Crippen LogP contribution in [0.4, 0.5) is 5.82 Å². The summed E-state index contributed by atoms with van der Waals surface area (Å²) in [5.74, 6) is 1.59. The van der Waals surface area contributed by atoms with Crippen molar-refractivity contribution in [3.63, 3.8) is 0 Å². The van der Waals surface area contributed by atoms with E-state index in [1.54, 1.807) is 0 Å². The third-order valence-corrected chi connectivity index (χ3v) is 10.6. The number of hydrogen-bond acceptors (Lipinski definition) is 4. The number of rotatable bonds is 7. The largest absolute Gasteiger partial charge is 0.417 e. The number of para-hydroxylation sites is 1. The highest BCUT2D eigenvalue weighted by Gasteiger charge is 2.36. The Balaban J connectivity index is 1.80. The maximum Gasteiger partial charge on any atom is 0.191 e. The zero-order chi connectivity index (χ0) is 20.5. The molecule has 5 nitrogen and oxygen atoms in total. The number of nitrogen functional groups attached to an aromatic ring is 1. The van der Waals surface area contributed by atoms with Crippen molar-refractivity contribution in [2.75, 3.05) is 12.3 Å². The Morgan fingerprint density at radius 1 is 1.11 bits per heavy atom. The van der Waals surface area contributed by atoms with Gasteiger partial charge in [0.25, 0.3) is 0 Å². The number of aryl methyl sites for hydroxylation is 2. The van der Waals surface area contributed by atoms with Gasteiger partial charge in [0.2, 0.25) is 0 Å². The van der Waals surface area contributed by atoms with E-state index in [2.05, 4.69) is 62.5 Å². The number of fused-ring (bicyclic) bond motifs is 3. The van der Waals surface area contributed by atoms with E-state index in [1.807, 2.05) is 12.1 Å². The number of anilines is 1. The average molecular weight is 399 g/mol. The monoisotopic (exact) mass is 398 g/mol. The highest BCUT2D eigenvalue weighted by Crippen LogP contribution is 2.36. The molecule has 0 aliphatic rings. The van der Waals surface area contributed by atoms with Gasteiger partial charge in [-0.1, -0.05) is 45.9 Å². The average Bonchev–Trinajstić information content (AvgIpc) is 3.00. The van der Waals surface area contributed by atoms with Gasteiger partial charge in [-0.2, -0.15) is 0 Å². The molecule has 0 spiro atoms. The third-order valence-electron chi connectivity index (χ3n) is 6.05. The summed E-state index contributed by atoms with van der Waals surface area (Å²) >= 11 is 0. The van der Waals surface area contributed by atoms with Gasteiger partial charge in [-0.25, -0.2) is 9.97 Å². The van der Waals surface area contributed by atoms with Crippen LogP contribution in [0.1, 0.15) is 46.4 Å². The minimum Gasteiger partial charge on any atom is -0.417 e. The van der Waals surface area contributed by atoms with Gasteiger partial charge in [-0.05, 0) is 37.0 Å². The lowest BCUT2D eigenvalue weighted by Crippen LogP contribution is -2.40. The summed E-state index contributed by atoms with van der Waals surface area (Å²) in [6, 6.07) is 8.18. The van der Waals surface area contributed by atoms with Gasteiger partial charge in [0, 0.05) is 25.0 Å². The van der Waals surface area contributed by atoms with Crippen molar-refractivity contribution in [2.24, 2.45) is 0 Å². The van der Waals surface area contributed by atoms with Gasteiger partial charge in [0.1, 0.15) is 11.3 Å². The molecule has 0 aliphatic carbocycles. The molecule has 3 aromatic rings. The molecule has 2 heterocycles. The first-order valence-corrected chi connectivity index (χ1v) is 13.2. The molecule has 0 radical (unpaired) electrons. The number of nitrogens with two attached hydrogens (primary N) is 1. The van der Waals surface area contributed by atoms with Crippen molar-refractivity contribution >= 4 is 36.1 Å². The lowest BCUT2D eigenvalue weighted by atomic mass is 10.2. The molecule has 2 N–H and O–H groups in total. The van der Waals surface area contributed by atoms with Gasteiger partial charge >= 0.3 is 0 Å². The summed E-state index contributed by atoms with van der Waals surface area (Å²) < 4.78 is 8.67. The van der Waals surface area contributed by atoms with Crippen LogP contribution < -0.4 is 5.73 Å². The molecule has 0 saturated carbocycles. The standard InChI is InChI=1S/C22H34N4OSi/c1-7-18-25-19-20(16-12-8-9-13-17(16)24-21(19)23)26(18)14-10-11-15-27-28(5,6)22(2,3)4/h8-9,12-13H,7,10-11,14-15H2,1-6H3,(H2,23,24). The number of unbranched alkanes of at least 4 members (excludes halogenated alkanes) is 1. The predicted molar refractivity (Wildman–Crippen MR) is 121 cm³/mol. The molecule has 1 aromatic carbocycles. The van der Waals surface area contributed by atoms with Crippen molar-refractivity contribution in [3.8, 4) is 0 Å². The van der Waals surface area contributed by atoms with Crippen LogP contribution >= 0.6 is 0 Å². The Hall–Kier alpha value is -1.92. The Morgan fingerprint density at radius 3 is 2.50 bits per heavy atom. The van der Waals surface area contributed by atoms with Crippen molar-refractivity contribution in [1.82, 2.24) is 14.5 Å². The molecular weight excluding hydrogens is 364 g/mol. The third kappa shape index (κ3) is 3.94. The fourth-order valence-corrected chi connectivity index (χ4v) is 4.42. The first-order chi connectivity index (χ1) is 13.2. The van der Waals surface area contributed by atoms with E-state index < -0.39 is 8.32 Å². The SMILES string of the molecule is CCc1nc2c(N)nc3ccccc3c2n1CCCCO[Si](C)(C)C(C)(C)C. The lowest BCUT2D eigenvalue weighted by molar-refractivity contribution is 0.276. The van der Waals surface area contributed by atoms with E-state index in [1.165, 1.54) is 0 Å². The zero-order valence-electron chi connectivity index (χ0n) is 18.2. The molecule has 0 saturated heterocycles. The molecule has 152 valence electrons. The van der Waals surface area contributed by atoms with E-state index in [-0.39, 0.29) is 5.04 Å². The summed E-state index contributed by atoms with van der Waals surface area (Å²) in [6.07, 6.45) is 2.99. The van der Waals surface area contributed by atoms with E-state index >= 15 is 0 Å². The molecule has 3 rings (SSSR count). The van der Waals surface area contributed by atoms with Crippen LogP contribution in [0.5, 0.6) is 0 Å². The summed E-state index contributed by atoms with van der Waals surface area (Å²) in [6.45, 7) is 15.4. The second-order valence-corrected chi connectivity index (χ2v) is 13.9. The summed E-state index contributed by atoms with van der Waals surface area (Å²) in [5, 5.41) is 1.38. The van der Waals surface area contributed by atoms with Gasteiger partial charge in [-0.15, -0.1) is 0 Å². The Kier molecular flexibility index (Phi) is 5.82. The molecule has 0 bridgehead atoms. The predicted octanol–water partition coefficient (Wildman–Crippen LogP) is 5.53. The first kappa shape index (κ1) is 20.8. The van der Waals surface area contributed by atoms with Crippen LogP contribution in [0, 0.1) is 0 Å². The summed E-state index contributed by atoms with van der Waals surface area (Å²) in [4.78, 5) is 9.34. The van der Waals surface area contributed by atoms with Crippen molar-refractivity contribution in [2.45, 2.75) is 71.6 Å². The minimum atomic E-state index is -1.67. The second kappa shape index (κ2) is 7.83. The van der Waals surface area contributed by atoms with Gasteiger partial charge < -0.3 is 14.7 Å². The van der Waals surface area contributed by atoms with Crippen LogP contribution in [-0.4, -0.2) is 29.5 Å². The zero-order valence-corrected chi connectivity index (χ0v) is 19.2. The molecule has 2 aromatic heterocycles. The van der Waals surface area contributed by atoms with E-state index in [0.717, 1.165) is 60.2 Å². The molecule has 0 fully saturated rings. The fraction of sp³-hybridized carbons (Fsp3) is 0.545. The van der Waals surface area contributed by atoms with Crippen molar-refractivity contribution in [3.05, 3.63) is 30.1 Å².